The van der Waals surface area contributed by atoms with E-state index in [1.54, 1.807) is 0 Å². The number of alkyl halides is 1. The monoisotopic (exact) mass is 350 g/mol. The van der Waals surface area contributed by atoms with E-state index in [0.717, 1.165) is 4.47 Å². The molecule has 2 aromatic carbocycles. The van der Waals surface area contributed by atoms with E-state index in [1.165, 1.54) is 16.3 Å². The van der Waals surface area contributed by atoms with Gasteiger partial charge in [-0.2, -0.15) is 0 Å². The van der Waals surface area contributed by atoms with Crippen LogP contribution in [0.5, 0.6) is 0 Å². The van der Waals surface area contributed by atoms with Crippen molar-refractivity contribution in [3.8, 4) is 0 Å². The van der Waals surface area contributed by atoms with Crippen molar-refractivity contribution in [2.75, 3.05) is 0 Å². The molecule has 2 heteroatoms. The maximum Gasteiger partial charge on any atom is 0.0630 e. The summed E-state index contributed by atoms with van der Waals surface area (Å²) in [6, 6.07) is 12.8. The SMILES string of the molecule is CC1(C)C(C(Cl)c2ccc(Br)c3ccccc23)C1(C)C. The van der Waals surface area contributed by atoms with Gasteiger partial charge in [-0.25, -0.2) is 0 Å². The lowest BCUT2D eigenvalue weighted by atomic mass is 9.96. The summed E-state index contributed by atoms with van der Waals surface area (Å²) >= 11 is 10.5. The van der Waals surface area contributed by atoms with Gasteiger partial charge < -0.3 is 0 Å². The zero-order valence-electron chi connectivity index (χ0n) is 12.4. The Bertz CT molecular complexity index is 658. The molecule has 1 atom stereocenters. The van der Waals surface area contributed by atoms with E-state index >= 15 is 0 Å². The summed E-state index contributed by atoms with van der Waals surface area (Å²) < 4.78 is 1.13. The Hall–Kier alpha value is -0.530. The summed E-state index contributed by atoms with van der Waals surface area (Å²) in [4.78, 5) is 0. The van der Waals surface area contributed by atoms with E-state index in [2.05, 4.69) is 80.0 Å². The zero-order chi connectivity index (χ0) is 14.7. The minimum Gasteiger partial charge on any atom is -0.117 e. The van der Waals surface area contributed by atoms with E-state index in [4.69, 9.17) is 11.6 Å². The number of halogens is 2. The van der Waals surface area contributed by atoms with Crippen LogP contribution in [0.3, 0.4) is 0 Å². The molecule has 0 N–H and O–H groups in total. The Morgan fingerprint density at radius 1 is 0.950 bits per heavy atom. The molecule has 106 valence electrons. The number of fused-ring (bicyclic) bond motifs is 1. The maximum atomic E-state index is 6.89. The van der Waals surface area contributed by atoms with Crippen LogP contribution >= 0.6 is 27.5 Å². The van der Waals surface area contributed by atoms with Gasteiger partial charge in [0.1, 0.15) is 0 Å². The molecular formula is C18H20BrCl. The van der Waals surface area contributed by atoms with Crippen LogP contribution in [0.1, 0.15) is 38.6 Å². The second kappa shape index (κ2) is 4.48. The second-order valence-corrected chi connectivity index (χ2v) is 8.33. The quantitative estimate of drug-likeness (QED) is 0.537. The molecule has 0 saturated heterocycles. The van der Waals surface area contributed by atoms with E-state index in [9.17, 15) is 0 Å². The van der Waals surface area contributed by atoms with Crippen LogP contribution in [-0.4, -0.2) is 0 Å². The van der Waals surface area contributed by atoms with Crippen molar-refractivity contribution in [2.45, 2.75) is 33.1 Å². The standard InChI is InChI=1S/C18H20BrCl/c1-17(2)16(18(17,3)4)15(20)13-9-10-14(19)12-8-6-5-7-11(12)13/h5-10,15-16H,1-4H3. The summed E-state index contributed by atoms with van der Waals surface area (Å²) in [6.07, 6.45) is 0. The number of benzene rings is 2. The molecule has 0 aliphatic heterocycles. The minimum absolute atomic E-state index is 0.0676. The van der Waals surface area contributed by atoms with E-state index in [1.807, 2.05) is 0 Å². The number of rotatable bonds is 2. The van der Waals surface area contributed by atoms with Gasteiger partial charge in [0.05, 0.1) is 5.38 Å². The maximum absolute atomic E-state index is 6.89. The van der Waals surface area contributed by atoms with Crippen molar-refractivity contribution in [2.24, 2.45) is 16.7 Å². The zero-order valence-corrected chi connectivity index (χ0v) is 14.7. The van der Waals surface area contributed by atoms with Crippen molar-refractivity contribution >= 4 is 38.3 Å². The van der Waals surface area contributed by atoms with Gasteiger partial charge >= 0.3 is 0 Å². The third-order valence-electron chi connectivity index (χ3n) is 5.63. The van der Waals surface area contributed by atoms with Gasteiger partial charge in [-0.1, -0.05) is 74.0 Å². The Morgan fingerprint density at radius 2 is 1.50 bits per heavy atom. The Balaban J connectivity index is 2.11. The van der Waals surface area contributed by atoms with E-state index < -0.39 is 0 Å². The Labute approximate surface area is 134 Å². The molecule has 0 bridgehead atoms. The van der Waals surface area contributed by atoms with Gasteiger partial charge in [0.15, 0.2) is 0 Å². The van der Waals surface area contributed by atoms with Gasteiger partial charge in [-0.05, 0) is 39.2 Å². The van der Waals surface area contributed by atoms with E-state index in [0.29, 0.717) is 16.7 Å². The predicted octanol–water partition coefficient (Wildman–Crippen LogP) is 6.56. The molecule has 0 radical (unpaired) electrons. The Morgan fingerprint density at radius 3 is 2.05 bits per heavy atom. The highest BCUT2D eigenvalue weighted by Crippen LogP contribution is 2.73. The van der Waals surface area contributed by atoms with Crippen molar-refractivity contribution in [1.82, 2.24) is 0 Å². The first kappa shape index (κ1) is 14.4. The molecule has 20 heavy (non-hydrogen) atoms. The highest BCUT2D eigenvalue weighted by atomic mass is 79.9. The first-order valence-electron chi connectivity index (χ1n) is 7.09. The van der Waals surface area contributed by atoms with Crippen LogP contribution in [0.15, 0.2) is 40.9 Å². The van der Waals surface area contributed by atoms with Crippen molar-refractivity contribution < 1.29 is 0 Å². The molecule has 1 aliphatic rings. The van der Waals surface area contributed by atoms with Crippen LogP contribution in [0.4, 0.5) is 0 Å². The molecule has 1 fully saturated rings. The molecule has 2 aromatic rings. The van der Waals surface area contributed by atoms with Gasteiger partial charge in [-0.15, -0.1) is 11.6 Å². The van der Waals surface area contributed by atoms with E-state index in [-0.39, 0.29) is 5.38 Å². The summed E-state index contributed by atoms with van der Waals surface area (Å²) in [5.74, 6) is 0.515. The van der Waals surface area contributed by atoms with Gasteiger partial charge in [0.25, 0.3) is 0 Å². The van der Waals surface area contributed by atoms with Crippen molar-refractivity contribution in [3.05, 3.63) is 46.4 Å². The molecule has 0 nitrogen and oxygen atoms in total. The fourth-order valence-electron chi connectivity index (χ4n) is 3.68. The first-order chi connectivity index (χ1) is 9.28. The van der Waals surface area contributed by atoms with Crippen LogP contribution in [0.2, 0.25) is 0 Å². The highest BCUT2D eigenvalue weighted by molar-refractivity contribution is 9.10. The molecular weight excluding hydrogens is 332 g/mol. The van der Waals surface area contributed by atoms with Crippen LogP contribution in [0.25, 0.3) is 10.8 Å². The third kappa shape index (κ3) is 1.86. The number of hydrogen-bond donors (Lipinski definition) is 0. The average molecular weight is 352 g/mol. The molecule has 0 spiro atoms. The fourth-order valence-corrected chi connectivity index (χ4v) is 4.98. The molecule has 1 aliphatic carbocycles. The molecule has 1 unspecified atom stereocenters. The highest BCUT2D eigenvalue weighted by Gasteiger charge is 2.67. The molecule has 0 heterocycles. The first-order valence-corrected chi connectivity index (χ1v) is 8.32. The number of hydrogen-bond acceptors (Lipinski definition) is 0. The molecule has 0 aromatic heterocycles. The minimum atomic E-state index is 0.0676. The summed E-state index contributed by atoms with van der Waals surface area (Å²) in [5.41, 5.74) is 1.86. The lowest BCUT2D eigenvalue weighted by Gasteiger charge is -2.16. The van der Waals surface area contributed by atoms with Crippen molar-refractivity contribution in [1.29, 1.82) is 0 Å². The van der Waals surface area contributed by atoms with Crippen LogP contribution in [-0.2, 0) is 0 Å². The van der Waals surface area contributed by atoms with Gasteiger partial charge in [0.2, 0.25) is 0 Å². The third-order valence-corrected chi connectivity index (χ3v) is 6.81. The normalized spacial score (nSPS) is 21.9. The van der Waals surface area contributed by atoms with Gasteiger partial charge in [0, 0.05) is 4.47 Å². The lowest BCUT2D eigenvalue weighted by molar-refractivity contribution is 0.457. The summed E-state index contributed by atoms with van der Waals surface area (Å²) in [6.45, 7) is 9.31. The largest absolute Gasteiger partial charge is 0.117 e. The smallest absolute Gasteiger partial charge is 0.0630 e. The topological polar surface area (TPSA) is 0 Å². The average Bonchev–Trinajstić information content (AvgIpc) is 2.80. The van der Waals surface area contributed by atoms with Crippen molar-refractivity contribution in [3.63, 3.8) is 0 Å². The fraction of sp³-hybridized carbons (Fsp3) is 0.444. The molecule has 0 amide bonds. The second-order valence-electron chi connectivity index (χ2n) is 7.01. The van der Waals surface area contributed by atoms with Crippen LogP contribution in [0, 0.1) is 16.7 Å². The Kier molecular flexibility index (Phi) is 3.23. The van der Waals surface area contributed by atoms with Gasteiger partial charge in [-0.3, -0.25) is 0 Å². The lowest BCUT2D eigenvalue weighted by Crippen LogP contribution is -2.00. The predicted molar refractivity (Wildman–Crippen MR) is 91.3 cm³/mol. The summed E-state index contributed by atoms with van der Waals surface area (Å²) in [5, 5.41) is 2.57. The molecule has 1 saturated carbocycles. The van der Waals surface area contributed by atoms with Crippen LogP contribution < -0.4 is 0 Å². The molecule has 3 rings (SSSR count). The summed E-state index contributed by atoms with van der Waals surface area (Å²) in [7, 11) is 0.